The summed E-state index contributed by atoms with van der Waals surface area (Å²) in [5.41, 5.74) is 8.04. The van der Waals surface area contributed by atoms with E-state index in [9.17, 15) is 0 Å². The topological polar surface area (TPSA) is 45.4 Å². The van der Waals surface area contributed by atoms with Crippen LogP contribution in [0, 0.1) is 0 Å². The lowest BCUT2D eigenvalue weighted by Crippen LogP contribution is -2.50. The average Bonchev–Trinajstić information content (AvgIpc) is 2.86. The first-order valence-electron chi connectivity index (χ1n) is 6.94. The number of nitrogens with two attached hydrogens (primary N) is 1. The number of anilines is 1. The van der Waals surface area contributed by atoms with Gasteiger partial charge in [0, 0.05) is 31.7 Å². The lowest BCUT2D eigenvalue weighted by Gasteiger charge is -2.38. The molecule has 3 heterocycles. The van der Waals surface area contributed by atoms with Gasteiger partial charge >= 0.3 is 0 Å². The van der Waals surface area contributed by atoms with Gasteiger partial charge in [-0.15, -0.1) is 0 Å². The molecule has 98 valence electrons. The molecule has 2 aliphatic rings. The van der Waals surface area contributed by atoms with Crippen LogP contribution in [0.25, 0.3) is 0 Å². The molecule has 4 heteroatoms. The third kappa shape index (κ3) is 2.22. The Hall–Kier alpha value is -1.13. The lowest BCUT2D eigenvalue weighted by atomic mass is 10.1. The minimum atomic E-state index is 0.0192. The number of rotatable bonds is 2. The molecular formula is C14H22N4. The van der Waals surface area contributed by atoms with Crippen LogP contribution in [0.3, 0.4) is 0 Å². The summed E-state index contributed by atoms with van der Waals surface area (Å²) in [5, 5.41) is 0. The molecule has 0 aliphatic carbocycles. The van der Waals surface area contributed by atoms with Gasteiger partial charge in [0.25, 0.3) is 0 Å². The monoisotopic (exact) mass is 246 g/mol. The van der Waals surface area contributed by atoms with Crippen molar-refractivity contribution in [3.05, 3.63) is 24.0 Å². The minimum Gasteiger partial charge on any atom is -0.367 e. The van der Waals surface area contributed by atoms with Gasteiger partial charge in [-0.3, -0.25) is 9.88 Å². The molecule has 0 radical (unpaired) electrons. The van der Waals surface area contributed by atoms with Crippen LogP contribution in [0.4, 0.5) is 5.69 Å². The highest BCUT2D eigenvalue weighted by Gasteiger charge is 2.30. The molecule has 3 rings (SSSR count). The minimum absolute atomic E-state index is 0.0192. The molecule has 18 heavy (non-hydrogen) atoms. The Balaban J connectivity index is 1.71. The second-order valence-corrected chi connectivity index (χ2v) is 5.51. The number of piperazine rings is 1. The molecule has 1 aromatic rings. The van der Waals surface area contributed by atoms with Gasteiger partial charge in [-0.1, -0.05) is 0 Å². The molecule has 1 aromatic heterocycles. The van der Waals surface area contributed by atoms with E-state index in [-0.39, 0.29) is 6.04 Å². The zero-order chi connectivity index (χ0) is 12.5. The van der Waals surface area contributed by atoms with Crippen molar-refractivity contribution in [1.82, 2.24) is 9.88 Å². The number of hydrogen-bond donors (Lipinski definition) is 1. The highest BCUT2D eigenvalue weighted by atomic mass is 15.3. The second-order valence-electron chi connectivity index (χ2n) is 5.51. The maximum atomic E-state index is 5.83. The molecule has 2 aliphatic heterocycles. The molecule has 0 saturated carbocycles. The fraction of sp³-hybridized carbons (Fsp3) is 0.643. The third-order valence-electron chi connectivity index (χ3n) is 4.19. The zero-order valence-corrected chi connectivity index (χ0v) is 11.0. The summed E-state index contributed by atoms with van der Waals surface area (Å²) in [6.07, 6.45) is 4.69. The van der Waals surface area contributed by atoms with Gasteiger partial charge in [0.2, 0.25) is 0 Å². The molecular weight excluding hydrogens is 224 g/mol. The van der Waals surface area contributed by atoms with E-state index in [0.29, 0.717) is 0 Å². The summed E-state index contributed by atoms with van der Waals surface area (Å²) in [6, 6.07) is 5.00. The van der Waals surface area contributed by atoms with Crippen molar-refractivity contribution < 1.29 is 0 Å². The van der Waals surface area contributed by atoms with Crippen molar-refractivity contribution in [3.8, 4) is 0 Å². The normalized spacial score (nSPS) is 26.1. The van der Waals surface area contributed by atoms with Gasteiger partial charge < -0.3 is 10.6 Å². The Kier molecular flexibility index (Phi) is 3.22. The molecule has 2 fully saturated rings. The summed E-state index contributed by atoms with van der Waals surface area (Å²) >= 11 is 0. The number of hydrogen-bond acceptors (Lipinski definition) is 4. The molecule has 0 spiro atoms. The van der Waals surface area contributed by atoms with Crippen molar-refractivity contribution >= 4 is 5.69 Å². The third-order valence-corrected chi connectivity index (χ3v) is 4.19. The van der Waals surface area contributed by atoms with Gasteiger partial charge in [-0.25, -0.2) is 0 Å². The zero-order valence-electron chi connectivity index (χ0n) is 11.0. The summed E-state index contributed by atoms with van der Waals surface area (Å²) in [4.78, 5) is 9.55. The first kappa shape index (κ1) is 11.9. The van der Waals surface area contributed by atoms with E-state index in [1.54, 1.807) is 0 Å². The SMILES string of the molecule is C[C@@H](N)c1ccc(N2CCN3CCCC3C2)cn1. The van der Waals surface area contributed by atoms with Gasteiger partial charge in [0.05, 0.1) is 17.6 Å². The first-order chi connectivity index (χ1) is 8.74. The van der Waals surface area contributed by atoms with Crippen LogP contribution in [-0.2, 0) is 0 Å². The fourth-order valence-electron chi connectivity index (χ4n) is 3.08. The van der Waals surface area contributed by atoms with E-state index in [1.807, 2.05) is 13.1 Å². The van der Waals surface area contributed by atoms with Gasteiger partial charge in [0.1, 0.15) is 0 Å². The van der Waals surface area contributed by atoms with Crippen LogP contribution in [0.2, 0.25) is 0 Å². The molecule has 4 nitrogen and oxygen atoms in total. The molecule has 2 N–H and O–H groups in total. The van der Waals surface area contributed by atoms with Gasteiger partial charge in [-0.2, -0.15) is 0 Å². The maximum absolute atomic E-state index is 5.83. The number of nitrogens with zero attached hydrogens (tertiary/aromatic N) is 3. The molecule has 0 bridgehead atoms. The Morgan fingerprint density at radius 2 is 2.22 bits per heavy atom. The molecule has 0 amide bonds. The van der Waals surface area contributed by atoms with E-state index in [2.05, 4.69) is 26.9 Å². The van der Waals surface area contributed by atoms with Crippen LogP contribution in [-0.4, -0.2) is 42.1 Å². The van der Waals surface area contributed by atoms with E-state index < -0.39 is 0 Å². The molecule has 2 saturated heterocycles. The number of pyridine rings is 1. The van der Waals surface area contributed by atoms with Crippen molar-refractivity contribution in [2.24, 2.45) is 5.73 Å². The standard InChI is InChI=1S/C14H22N4/c1-11(15)14-5-4-12(9-16-14)18-8-7-17-6-2-3-13(17)10-18/h4-5,9,11,13H,2-3,6-8,10,15H2,1H3/t11-,13?/m1/s1. The molecule has 2 atom stereocenters. The molecule has 1 unspecified atom stereocenters. The Labute approximate surface area is 109 Å². The Morgan fingerprint density at radius 3 is 2.94 bits per heavy atom. The second kappa shape index (κ2) is 4.86. The highest BCUT2D eigenvalue weighted by Crippen LogP contribution is 2.25. The van der Waals surface area contributed by atoms with Crippen LogP contribution in [0.5, 0.6) is 0 Å². The van der Waals surface area contributed by atoms with E-state index in [4.69, 9.17) is 5.73 Å². The van der Waals surface area contributed by atoms with Crippen LogP contribution in [0.15, 0.2) is 18.3 Å². The predicted molar refractivity (Wildman–Crippen MR) is 73.6 cm³/mol. The predicted octanol–water partition coefficient (Wildman–Crippen LogP) is 1.39. The highest BCUT2D eigenvalue weighted by molar-refractivity contribution is 5.45. The quantitative estimate of drug-likeness (QED) is 0.856. The number of aromatic nitrogens is 1. The van der Waals surface area contributed by atoms with Gasteiger partial charge in [0.15, 0.2) is 0 Å². The molecule has 0 aromatic carbocycles. The average molecular weight is 246 g/mol. The lowest BCUT2D eigenvalue weighted by molar-refractivity contribution is 0.231. The Bertz CT molecular complexity index is 401. The summed E-state index contributed by atoms with van der Waals surface area (Å²) < 4.78 is 0. The van der Waals surface area contributed by atoms with Crippen molar-refractivity contribution in [2.75, 3.05) is 31.1 Å². The first-order valence-corrected chi connectivity index (χ1v) is 6.94. The van der Waals surface area contributed by atoms with E-state index in [1.165, 1.54) is 31.6 Å². The van der Waals surface area contributed by atoms with Crippen LogP contribution >= 0.6 is 0 Å². The van der Waals surface area contributed by atoms with Gasteiger partial charge in [-0.05, 0) is 38.4 Å². The summed E-state index contributed by atoms with van der Waals surface area (Å²) in [7, 11) is 0. The number of fused-ring (bicyclic) bond motifs is 1. The largest absolute Gasteiger partial charge is 0.367 e. The fourth-order valence-corrected chi connectivity index (χ4v) is 3.08. The summed E-state index contributed by atoms with van der Waals surface area (Å²) in [6.45, 7) is 6.73. The smallest absolute Gasteiger partial charge is 0.0569 e. The van der Waals surface area contributed by atoms with Crippen LogP contribution < -0.4 is 10.6 Å². The van der Waals surface area contributed by atoms with Crippen LogP contribution in [0.1, 0.15) is 31.5 Å². The maximum Gasteiger partial charge on any atom is 0.0569 e. The van der Waals surface area contributed by atoms with E-state index >= 15 is 0 Å². The summed E-state index contributed by atoms with van der Waals surface area (Å²) in [5.74, 6) is 0. The Morgan fingerprint density at radius 1 is 1.33 bits per heavy atom. The van der Waals surface area contributed by atoms with E-state index in [0.717, 1.165) is 24.8 Å². The van der Waals surface area contributed by atoms with Crippen molar-refractivity contribution in [1.29, 1.82) is 0 Å². The van der Waals surface area contributed by atoms with Crippen molar-refractivity contribution in [3.63, 3.8) is 0 Å². The van der Waals surface area contributed by atoms with Crippen molar-refractivity contribution in [2.45, 2.75) is 31.8 Å².